The third kappa shape index (κ3) is 4.64. The number of nitrogens with one attached hydrogen (secondary N) is 2. The van der Waals surface area contributed by atoms with Gasteiger partial charge in [0.25, 0.3) is 0 Å². The zero-order valence-corrected chi connectivity index (χ0v) is 17.4. The molecule has 0 aliphatic carbocycles. The topological polar surface area (TPSA) is 48.3 Å². The van der Waals surface area contributed by atoms with E-state index in [0.29, 0.717) is 28.2 Å². The predicted molar refractivity (Wildman–Crippen MR) is 115 cm³/mol. The zero-order chi connectivity index (χ0) is 20.2. The fourth-order valence-electron chi connectivity index (χ4n) is 3.90. The molecule has 0 amide bonds. The molecule has 6 heteroatoms. The van der Waals surface area contributed by atoms with Gasteiger partial charge in [0, 0.05) is 11.1 Å². The maximum Gasteiger partial charge on any atom is 0.200 e. The van der Waals surface area contributed by atoms with E-state index in [9.17, 15) is 4.79 Å². The molecule has 0 atom stereocenters. The first-order valence-corrected chi connectivity index (χ1v) is 10.6. The van der Waals surface area contributed by atoms with Gasteiger partial charge in [-0.1, -0.05) is 23.7 Å². The molecule has 2 heterocycles. The monoisotopic (exact) mass is 414 g/mol. The molecular weight excluding hydrogens is 388 g/mol. The highest BCUT2D eigenvalue weighted by Crippen LogP contribution is 2.24. The van der Waals surface area contributed by atoms with Gasteiger partial charge in [0.05, 0.1) is 17.5 Å². The number of hydrogen-bond donors (Lipinski definition) is 2. The first-order valence-electron chi connectivity index (χ1n) is 10.3. The van der Waals surface area contributed by atoms with Crippen LogP contribution in [0.2, 0.25) is 5.02 Å². The molecule has 4 rings (SSSR count). The highest BCUT2D eigenvalue weighted by atomic mass is 35.5. The van der Waals surface area contributed by atoms with Gasteiger partial charge >= 0.3 is 0 Å². The Hall–Kier alpha value is -2.34. The number of hydrogen-bond acceptors (Lipinski definition) is 3. The summed E-state index contributed by atoms with van der Waals surface area (Å²) < 4.78 is 11.7. The van der Waals surface area contributed by atoms with Crippen LogP contribution in [0.1, 0.15) is 6.92 Å². The van der Waals surface area contributed by atoms with Crippen molar-refractivity contribution in [2.24, 2.45) is 0 Å². The summed E-state index contributed by atoms with van der Waals surface area (Å²) in [7, 11) is 0. The fraction of sp³-hybridized carbons (Fsp3) is 0.348. The molecule has 0 spiro atoms. The van der Waals surface area contributed by atoms with Gasteiger partial charge in [0.2, 0.25) is 0 Å². The standard InChI is InChI=1S/C23H25ClN2O3/c1-2-25-9-11-26(12-10-25)13-14-28-19-7-8-20-22(15-19)29-16-21(23(20)27)17-3-5-18(24)6-4-17/h3-8,15-16H,2,9-14H2,1H3/p+2. The average molecular weight is 415 g/mol. The van der Waals surface area contributed by atoms with Crippen LogP contribution in [-0.4, -0.2) is 45.9 Å². The molecule has 2 aromatic carbocycles. The largest absolute Gasteiger partial charge is 0.488 e. The van der Waals surface area contributed by atoms with E-state index in [4.69, 9.17) is 20.8 Å². The molecule has 29 heavy (non-hydrogen) atoms. The predicted octanol–water partition coefficient (Wildman–Crippen LogP) is 1.30. The van der Waals surface area contributed by atoms with Gasteiger partial charge in [-0.15, -0.1) is 0 Å². The molecular formula is C23H27ClN2O3+2. The Balaban J connectivity index is 1.42. The molecule has 2 N–H and O–H groups in total. The molecule has 0 bridgehead atoms. The van der Waals surface area contributed by atoms with Crippen LogP contribution in [0.4, 0.5) is 0 Å². The number of rotatable bonds is 6. The SMILES string of the molecule is CC[NH+]1CC[NH+](CCOc2ccc3c(=O)c(-c4ccc(Cl)cc4)coc3c2)CC1. The molecule has 1 saturated heterocycles. The normalized spacial score (nSPS) is 19.4. The van der Waals surface area contributed by atoms with E-state index in [1.807, 2.05) is 18.2 Å². The molecule has 5 nitrogen and oxygen atoms in total. The second-order valence-corrected chi connectivity index (χ2v) is 8.03. The minimum absolute atomic E-state index is 0.0548. The molecule has 0 unspecified atom stereocenters. The lowest BCUT2D eigenvalue weighted by molar-refractivity contribution is -1.01. The molecule has 0 radical (unpaired) electrons. The van der Waals surface area contributed by atoms with Crippen LogP contribution in [0.25, 0.3) is 22.1 Å². The van der Waals surface area contributed by atoms with Gasteiger partial charge in [-0.25, -0.2) is 0 Å². The first-order chi connectivity index (χ1) is 14.1. The Kier molecular flexibility index (Phi) is 6.19. The Bertz CT molecular complexity index is 1020. The molecule has 152 valence electrons. The van der Waals surface area contributed by atoms with Gasteiger partial charge in [-0.3, -0.25) is 4.79 Å². The minimum atomic E-state index is -0.0548. The highest BCUT2D eigenvalue weighted by molar-refractivity contribution is 6.30. The first kappa shape index (κ1) is 20.0. The lowest BCUT2D eigenvalue weighted by Gasteiger charge is -2.28. The summed E-state index contributed by atoms with van der Waals surface area (Å²) in [6, 6.07) is 12.6. The number of fused-ring (bicyclic) bond motifs is 1. The van der Waals surface area contributed by atoms with Crippen LogP contribution in [0.15, 0.2) is 57.9 Å². The summed E-state index contributed by atoms with van der Waals surface area (Å²) in [5.41, 5.74) is 1.80. The van der Waals surface area contributed by atoms with Crippen LogP contribution in [0.3, 0.4) is 0 Å². The van der Waals surface area contributed by atoms with Gasteiger partial charge in [-0.2, -0.15) is 0 Å². The summed E-state index contributed by atoms with van der Waals surface area (Å²) in [5.74, 6) is 0.733. The highest BCUT2D eigenvalue weighted by Gasteiger charge is 2.21. The van der Waals surface area contributed by atoms with Gasteiger partial charge in [-0.05, 0) is 36.8 Å². The van der Waals surface area contributed by atoms with E-state index in [1.165, 1.54) is 39.0 Å². The summed E-state index contributed by atoms with van der Waals surface area (Å²) in [6.45, 7) is 10.0. The zero-order valence-electron chi connectivity index (χ0n) is 16.7. The lowest BCUT2D eigenvalue weighted by atomic mass is 10.1. The Morgan fingerprint density at radius 3 is 2.48 bits per heavy atom. The maximum atomic E-state index is 12.9. The Morgan fingerprint density at radius 1 is 1.03 bits per heavy atom. The van der Waals surface area contributed by atoms with Crippen molar-refractivity contribution in [1.29, 1.82) is 0 Å². The van der Waals surface area contributed by atoms with E-state index in [-0.39, 0.29) is 5.43 Å². The minimum Gasteiger partial charge on any atom is -0.488 e. The number of piperazine rings is 1. The molecule has 1 fully saturated rings. The summed E-state index contributed by atoms with van der Waals surface area (Å²) in [5, 5.41) is 1.19. The van der Waals surface area contributed by atoms with Gasteiger partial charge < -0.3 is 19.0 Å². The van der Waals surface area contributed by atoms with Crippen LogP contribution in [0, 0.1) is 0 Å². The third-order valence-corrected chi connectivity index (χ3v) is 6.04. The van der Waals surface area contributed by atoms with Crippen molar-refractivity contribution in [3.8, 4) is 16.9 Å². The Labute approximate surface area is 175 Å². The van der Waals surface area contributed by atoms with E-state index in [2.05, 4.69) is 6.92 Å². The summed E-state index contributed by atoms with van der Waals surface area (Å²) in [6.07, 6.45) is 1.51. The number of halogens is 1. The number of ether oxygens (including phenoxy) is 1. The van der Waals surface area contributed by atoms with Crippen LogP contribution < -0.4 is 20.0 Å². The Morgan fingerprint density at radius 2 is 1.76 bits per heavy atom. The molecule has 1 aromatic heterocycles. The molecule has 1 aliphatic rings. The second kappa shape index (κ2) is 8.99. The molecule has 1 aliphatic heterocycles. The fourth-order valence-corrected chi connectivity index (χ4v) is 4.03. The quantitative estimate of drug-likeness (QED) is 0.639. The number of quaternary nitrogens is 2. The van der Waals surface area contributed by atoms with Crippen LogP contribution in [0.5, 0.6) is 5.75 Å². The second-order valence-electron chi connectivity index (χ2n) is 7.60. The van der Waals surface area contributed by atoms with Crippen molar-refractivity contribution >= 4 is 22.6 Å². The van der Waals surface area contributed by atoms with E-state index >= 15 is 0 Å². The van der Waals surface area contributed by atoms with Crippen LogP contribution in [-0.2, 0) is 0 Å². The van der Waals surface area contributed by atoms with Gasteiger partial charge in [0.1, 0.15) is 56.9 Å². The van der Waals surface area contributed by atoms with E-state index in [0.717, 1.165) is 17.9 Å². The van der Waals surface area contributed by atoms with Crippen molar-refractivity contribution in [2.45, 2.75) is 6.92 Å². The number of likely N-dealkylation sites (N-methyl/N-ethyl adjacent to an activating group) is 1. The van der Waals surface area contributed by atoms with Crippen molar-refractivity contribution in [2.75, 3.05) is 45.9 Å². The van der Waals surface area contributed by atoms with E-state index in [1.54, 1.807) is 34.1 Å². The van der Waals surface area contributed by atoms with Crippen molar-refractivity contribution in [3.63, 3.8) is 0 Å². The average Bonchev–Trinajstić information content (AvgIpc) is 2.75. The van der Waals surface area contributed by atoms with Crippen molar-refractivity contribution in [1.82, 2.24) is 0 Å². The lowest BCUT2D eigenvalue weighted by Crippen LogP contribution is -3.28. The smallest absolute Gasteiger partial charge is 0.200 e. The molecule has 3 aromatic rings. The van der Waals surface area contributed by atoms with E-state index < -0.39 is 0 Å². The maximum absolute atomic E-state index is 12.9. The summed E-state index contributed by atoms with van der Waals surface area (Å²) in [4.78, 5) is 16.1. The van der Waals surface area contributed by atoms with Gasteiger partial charge in [0.15, 0.2) is 5.43 Å². The van der Waals surface area contributed by atoms with Crippen molar-refractivity contribution in [3.05, 3.63) is 64.0 Å². The van der Waals surface area contributed by atoms with Crippen molar-refractivity contribution < 1.29 is 19.0 Å². The number of benzene rings is 2. The van der Waals surface area contributed by atoms with Crippen LogP contribution >= 0.6 is 11.6 Å². The molecule has 0 saturated carbocycles. The summed E-state index contributed by atoms with van der Waals surface area (Å²) >= 11 is 5.94. The third-order valence-electron chi connectivity index (χ3n) is 5.79.